The summed E-state index contributed by atoms with van der Waals surface area (Å²) in [6.45, 7) is 0. The van der Waals surface area contributed by atoms with E-state index in [0.29, 0.717) is 28.9 Å². The Bertz CT molecular complexity index is 3860. The molecule has 294 valence electrons. The Kier molecular flexibility index (Phi) is 7.94. The highest BCUT2D eigenvalue weighted by molar-refractivity contribution is 7.26. The maximum atomic E-state index is 6.49. The van der Waals surface area contributed by atoms with Crippen LogP contribution in [0.15, 0.2) is 199 Å². The number of furan rings is 1. The molecule has 0 spiro atoms. The number of hydrogen-bond acceptors (Lipinski definition) is 7. The van der Waals surface area contributed by atoms with E-state index in [4.69, 9.17) is 29.3 Å². The van der Waals surface area contributed by atoms with Crippen molar-refractivity contribution in [1.82, 2.24) is 29.5 Å². The average molecular weight is 825 g/mol. The highest BCUT2D eigenvalue weighted by Crippen LogP contribution is 2.45. The topological polar surface area (TPSA) is 82.5 Å². The molecule has 8 heteroatoms. The van der Waals surface area contributed by atoms with Gasteiger partial charge in [0.2, 0.25) is 0 Å². The third-order valence-electron chi connectivity index (χ3n) is 11.9. The molecule has 5 heterocycles. The van der Waals surface area contributed by atoms with Gasteiger partial charge in [0.15, 0.2) is 28.9 Å². The lowest BCUT2D eigenvalue weighted by Crippen LogP contribution is -2.04. The molecule has 0 aliphatic heterocycles. The monoisotopic (exact) mass is 824 g/mol. The SMILES string of the molecule is c1ccc(-c2nc(-c3ccccc3)nc(-c3cc(-c4nc(-c5ccccc5)c5oc6ccccc6c5n4)ccc3-n3c4ccccc4c4ccc5sc6ccccc6c5c43)n2)cc1. The molecule has 0 bridgehead atoms. The highest BCUT2D eigenvalue weighted by Gasteiger charge is 2.24. The van der Waals surface area contributed by atoms with Gasteiger partial charge in [0, 0.05) is 64.1 Å². The van der Waals surface area contributed by atoms with Crippen molar-refractivity contribution in [3.8, 4) is 62.5 Å². The van der Waals surface area contributed by atoms with Crippen LogP contribution in [0.2, 0.25) is 0 Å². The molecule has 13 aromatic rings. The largest absolute Gasteiger partial charge is 0.452 e. The molecule has 0 saturated heterocycles. The first-order valence-electron chi connectivity index (χ1n) is 20.8. The molecule has 0 N–H and O–H groups in total. The van der Waals surface area contributed by atoms with Crippen LogP contribution in [0.1, 0.15) is 0 Å². The van der Waals surface area contributed by atoms with Crippen LogP contribution in [0.5, 0.6) is 0 Å². The van der Waals surface area contributed by atoms with Gasteiger partial charge < -0.3 is 8.98 Å². The minimum absolute atomic E-state index is 0.533. The van der Waals surface area contributed by atoms with Gasteiger partial charge in [-0.15, -0.1) is 11.3 Å². The van der Waals surface area contributed by atoms with E-state index in [1.807, 2.05) is 108 Å². The van der Waals surface area contributed by atoms with Gasteiger partial charge in [0.1, 0.15) is 16.8 Å². The van der Waals surface area contributed by atoms with E-state index in [1.165, 1.54) is 30.9 Å². The summed E-state index contributed by atoms with van der Waals surface area (Å²) in [7, 11) is 0. The number of aromatic nitrogens is 6. The van der Waals surface area contributed by atoms with E-state index >= 15 is 0 Å². The molecule has 7 nitrogen and oxygen atoms in total. The van der Waals surface area contributed by atoms with Crippen LogP contribution in [0.25, 0.3) is 127 Å². The first kappa shape index (κ1) is 35.4. The maximum absolute atomic E-state index is 6.49. The molecule has 13 rings (SSSR count). The van der Waals surface area contributed by atoms with Crippen LogP contribution < -0.4 is 0 Å². The number of rotatable bonds is 6. The highest BCUT2D eigenvalue weighted by atomic mass is 32.1. The van der Waals surface area contributed by atoms with Gasteiger partial charge in [-0.1, -0.05) is 146 Å². The van der Waals surface area contributed by atoms with Crippen LogP contribution >= 0.6 is 11.3 Å². The summed E-state index contributed by atoms with van der Waals surface area (Å²) in [6, 6.07) is 66.8. The van der Waals surface area contributed by atoms with Gasteiger partial charge in [-0.05, 0) is 48.5 Å². The normalized spacial score (nSPS) is 11.8. The number of benzene rings is 8. The van der Waals surface area contributed by atoms with Crippen LogP contribution in [0, 0.1) is 0 Å². The van der Waals surface area contributed by atoms with Gasteiger partial charge in [-0.25, -0.2) is 24.9 Å². The molecule has 63 heavy (non-hydrogen) atoms. The molecule has 0 atom stereocenters. The van der Waals surface area contributed by atoms with Crippen LogP contribution in [-0.4, -0.2) is 29.5 Å². The van der Waals surface area contributed by atoms with Gasteiger partial charge in [0.05, 0.1) is 16.7 Å². The Morgan fingerprint density at radius 2 is 1.02 bits per heavy atom. The fraction of sp³-hybridized carbons (Fsp3) is 0. The number of thiophene rings is 1. The lowest BCUT2D eigenvalue weighted by atomic mass is 10.0. The molecule has 0 saturated carbocycles. The van der Waals surface area contributed by atoms with Crippen molar-refractivity contribution >= 4 is 75.4 Å². The van der Waals surface area contributed by atoms with Crippen molar-refractivity contribution in [2.45, 2.75) is 0 Å². The van der Waals surface area contributed by atoms with Crippen molar-refractivity contribution < 1.29 is 4.42 Å². The third-order valence-corrected chi connectivity index (χ3v) is 13.0. The number of para-hydroxylation sites is 2. The van der Waals surface area contributed by atoms with E-state index in [1.54, 1.807) is 0 Å². The van der Waals surface area contributed by atoms with E-state index in [0.717, 1.165) is 66.7 Å². The first-order chi connectivity index (χ1) is 31.2. The molecule has 8 aromatic carbocycles. The van der Waals surface area contributed by atoms with Gasteiger partial charge in [0.25, 0.3) is 0 Å². The van der Waals surface area contributed by atoms with Crippen molar-refractivity contribution in [2.24, 2.45) is 0 Å². The molecule has 5 aromatic heterocycles. The second-order valence-electron chi connectivity index (χ2n) is 15.6. The average Bonchev–Trinajstić information content (AvgIpc) is 4.04. The molecule has 0 aliphatic carbocycles. The van der Waals surface area contributed by atoms with Crippen LogP contribution in [0.3, 0.4) is 0 Å². The van der Waals surface area contributed by atoms with Crippen molar-refractivity contribution in [2.75, 3.05) is 0 Å². The predicted octanol–water partition coefficient (Wildman–Crippen LogP) is 14.4. The minimum Gasteiger partial charge on any atom is -0.452 e. The zero-order chi connectivity index (χ0) is 41.4. The van der Waals surface area contributed by atoms with Crippen molar-refractivity contribution in [1.29, 1.82) is 0 Å². The summed E-state index contributed by atoms with van der Waals surface area (Å²) in [5, 5.41) is 5.72. The van der Waals surface area contributed by atoms with E-state index < -0.39 is 0 Å². The molecule has 0 fully saturated rings. The Morgan fingerprint density at radius 3 is 1.76 bits per heavy atom. The zero-order valence-corrected chi connectivity index (χ0v) is 34.3. The summed E-state index contributed by atoms with van der Waals surface area (Å²) < 4.78 is 11.4. The van der Waals surface area contributed by atoms with Crippen molar-refractivity contribution in [3.63, 3.8) is 0 Å². The third kappa shape index (κ3) is 5.69. The smallest absolute Gasteiger partial charge is 0.180 e. The van der Waals surface area contributed by atoms with Gasteiger partial charge in [-0.2, -0.15) is 0 Å². The summed E-state index contributed by atoms with van der Waals surface area (Å²) in [5.41, 5.74) is 10.4. The Hall–Kier alpha value is -8.33. The quantitative estimate of drug-likeness (QED) is 0.166. The molecule has 0 radical (unpaired) electrons. The lowest BCUT2D eigenvalue weighted by molar-refractivity contribution is 0.667. The number of nitrogens with zero attached hydrogens (tertiary/aromatic N) is 6. The fourth-order valence-corrected chi connectivity index (χ4v) is 10.1. The standard InChI is InChI=1S/C55H32N6OS/c1-4-16-33(17-5-1)48-51-49(39-23-11-14-26-44(39)62-51)57-54(56-48)36-28-30-43(41(32-36)55-59-52(34-18-6-2-7-19-34)58-53(60-55)35-20-8-3-9-21-35)61-42-25-13-10-22-37(42)38-29-31-46-47(50(38)61)40-24-12-15-27-45(40)63-46/h1-32H. The molecule has 0 unspecified atom stereocenters. The molecule has 0 aliphatic rings. The summed E-state index contributed by atoms with van der Waals surface area (Å²) in [5.74, 6) is 2.26. The minimum atomic E-state index is 0.533. The van der Waals surface area contributed by atoms with Crippen LogP contribution in [0.4, 0.5) is 0 Å². The molecule has 0 amide bonds. The van der Waals surface area contributed by atoms with Gasteiger partial charge in [-0.3, -0.25) is 0 Å². The van der Waals surface area contributed by atoms with Crippen molar-refractivity contribution in [3.05, 3.63) is 194 Å². The summed E-state index contributed by atoms with van der Waals surface area (Å²) in [4.78, 5) is 26.3. The lowest BCUT2D eigenvalue weighted by Gasteiger charge is -2.16. The zero-order valence-electron chi connectivity index (χ0n) is 33.5. The number of fused-ring (bicyclic) bond motifs is 10. The second-order valence-corrected chi connectivity index (χ2v) is 16.7. The number of hydrogen-bond donors (Lipinski definition) is 0. The van der Waals surface area contributed by atoms with E-state index in [9.17, 15) is 0 Å². The maximum Gasteiger partial charge on any atom is 0.180 e. The Balaban J connectivity index is 1.15. The summed E-state index contributed by atoms with van der Waals surface area (Å²) >= 11 is 1.82. The Morgan fingerprint density at radius 1 is 0.413 bits per heavy atom. The summed E-state index contributed by atoms with van der Waals surface area (Å²) in [6.07, 6.45) is 0. The molecular formula is C55H32N6OS. The van der Waals surface area contributed by atoms with E-state index in [2.05, 4.69) is 102 Å². The second kappa shape index (κ2) is 14.1. The Labute approximate surface area is 364 Å². The van der Waals surface area contributed by atoms with E-state index in [-0.39, 0.29) is 0 Å². The molecular weight excluding hydrogens is 793 g/mol. The fourth-order valence-electron chi connectivity index (χ4n) is 9.01. The van der Waals surface area contributed by atoms with Gasteiger partial charge >= 0.3 is 0 Å². The predicted molar refractivity (Wildman–Crippen MR) is 257 cm³/mol. The van der Waals surface area contributed by atoms with Crippen LogP contribution in [-0.2, 0) is 0 Å². The first-order valence-corrected chi connectivity index (χ1v) is 21.7.